The number of amides is 2. The van der Waals surface area contributed by atoms with Gasteiger partial charge in [0.25, 0.3) is 5.91 Å². The van der Waals surface area contributed by atoms with Gasteiger partial charge < -0.3 is 15.7 Å². The molecule has 0 bridgehead atoms. The lowest BCUT2D eigenvalue weighted by Gasteiger charge is -2.32. The lowest BCUT2D eigenvalue weighted by Crippen LogP contribution is -2.47. The van der Waals surface area contributed by atoms with Crippen molar-refractivity contribution in [2.45, 2.75) is 69.6 Å². The van der Waals surface area contributed by atoms with Crippen LogP contribution in [0.3, 0.4) is 0 Å². The maximum absolute atomic E-state index is 12.6. The highest BCUT2D eigenvalue weighted by atomic mass is 16.4. The maximum atomic E-state index is 12.6. The molecule has 2 saturated carbocycles. The molecule has 2 aliphatic carbocycles. The van der Waals surface area contributed by atoms with Crippen LogP contribution in [0.1, 0.15) is 60.9 Å². The van der Waals surface area contributed by atoms with Crippen molar-refractivity contribution >= 4 is 17.8 Å². The average Bonchev–Trinajstić information content (AvgIpc) is 3.46. The Morgan fingerprint density at radius 3 is 2.66 bits per heavy atom. The van der Waals surface area contributed by atoms with Crippen molar-refractivity contribution in [1.29, 1.82) is 0 Å². The normalized spacial score (nSPS) is 26.6. The number of carbonyl (C=O) groups is 3. The number of benzene rings is 1. The molecule has 1 heterocycles. The summed E-state index contributed by atoms with van der Waals surface area (Å²) in [6.45, 7) is 0.434. The molecule has 2 amide bonds. The first kappa shape index (κ1) is 19.9. The number of hydrogen-bond acceptors (Lipinski definition) is 4. The Hall–Kier alpha value is -2.41. The van der Waals surface area contributed by atoms with E-state index in [-0.39, 0.29) is 24.4 Å². The quantitative estimate of drug-likeness (QED) is 0.651. The zero-order chi connectivity index (χ0) is 20.4. The lowest BCUT2D eigenvalue weighted by molar-refractivity contribution is -0.143. The van der Waals surface area contributed by atoms with Crippen molar-refractivity contribution in [3.05, 3.63) is 35.4 Å². The van der Waals surface area contributed by atoms with E-state index in [1.54, 1.807) is 12.1 Å². The van der Waals surface area contributed by atoms with Crippen LogP contribution >= 0.6 is 0 Å². The van der Waals surface area contributed by atoms with Crippen molar-refractivity contribution in [1.82, 2.24) is 15.5 Å². The molecule has 0 spiro atoms. The molecule has 3 fully saturated rings. The van der Waals surface area contributed by atoms with Gasteiger partial charge in [0.05, 0.1) is 6.54 Å². The standard InChI is InChI=1S/C22H29N3O4/c26-20(13-25-18-7-2-1-5-15(18)11-19(25)22(28)29)23-12-14-4-3-6-16(10-14)21(27)24-17-8-9-17/h3-4,6,10,15,17-19H,1-2,5,7-9,11-13H2,(H,23,26)(H,24,27)(H,28,29). The molecule has 1 saturated heterocycles. The molecular formula is C22H29N3O4. The minimum atomic E-state index is -0.832. The van der Waals surface area contributed by atoms with E-state index in [9.17, 15) is 19.5 Å². The molecule has 3 atom stereocenters. The summed E-state index contributed by atoms with van der Waals surface area (Å²) in [4.78, 5) is 38.3. The third kappa shape index (κ3) is 4.78. The third-order valence-electron chi connectivity index (χ3n) is 6.42. The summed E-state index contributed by atoms with van der Waals surface area (Å²) in [5.41, 5.74) is 1.45. The molecule has 3 unspecified atom stereocenters. The Bertz CT molecular complexity index is 792. The van der Waals surface area contributed by atoms with Gasteiger partial charge in [-0.3, -0.25) is 19.3 Å². The van der Waals surface area contributed by atoms with E-state index in [0.717, 1.165) is 44.1 Å². The Morgan fingerprint density at radius 1 is 1.10 bits per heavy atom. The van der Waals surface area contributed by atoms with Crippen molar-refractivity contribution in [2.24, 2.45) is 5.92 Å². The Balaban J connectivity index is 1.33. The highest BCUT2D eigenvalue weighted by Gasteiger charge is 2.45. The van der Waals surface area contributed by atoms with Gasteiger partial charge in [-0.15, -0.1) is 0 Å². The van der Waals surface area contributed by atoms with Crippen LogP contribution in [-0.4, -0.2) is 52.5 Å². The topological polar surface area (TPSA) is 98.7 Å². The molecule has 1 aromatic rings. The summed E-state index contributed by atoms with van der Waals surface area (Å²) in [6.07, 6.45) is 7.00. The summed E-state index contributed by atoms with van der Waals surface area (Å²) in [5.74, 6) is -0.693. The summed E-state index contributed by atoms with van der Waals surface area (Å²) < 4.78 is 0. The molecule has 156 valence electrons. The minimum Gasteiger partial charge on any atom is -0.480 e. The van der Waals surface area contributed by atoms with E-state index in [1.807, 2.05) is 17.0 Å². The Kier molecular flexibility index (Phi) is 5.85. The Labute approximate surface area is 170 Å². The van der Waals surface area contributed by atoms with E-state index >= 15 is 0 Å². The second-order valence-electron chi connectivity index (χ2n) is 8.60. The molecule has 1 aliphatic heterocycles. The fraction of sp³-hybridized carbons (Fsp3) is 0.591. The number of aliphatic carboxylic acids is 1. The number of fused-ring (bicyclic) bond motifs is 1. The summed E-state index contributed by atoms with van der Waals surface area (Å²) in [7, 11) is 0. The van der Waals surface area contributed by atoms with Gasteiger partial charge in [0.15, 0.2) is 0 Å². The van der Waals surface area contributed by atoms with Crippen LogP contribution < -0.4 is 10.6 Å². The molecule has 7 nitrogen and oxygen atoms in total. The third-order valence-corrected chi connectivity index (χ3v) is 6.42. The van der Waals surface area contributed by atoms with Crippen LogP contribution in [0, 0.1) is 5.92 Å². The van der Waals surface area contributed by atoms with Crippen molar-refractivity contribution in [2.75, 3.05) is 6.54 Å². The van der Waals surface area contributed by atoms with Gasteiger partial charge in [-0.1, -0.05) is 25.0 Å². The van der Waals surface area contributed by atoms with Crippen LogP contribution in [0.2, 0.25) is 0 Å². The fourth-order valence-electron chi connectivity index (χ4n) is 4.76. The molecule has 3 N–H and O–H groups in total. The van der Waals surface area contributed by atoms with Crippen LogP contribution in [0.5, 0.6) is 0 Å². The number of carboxylic acids is 1. The van der Waals surface area contributed by atoms with Gasteiger partial charge >= 0.3 is 5.97 Å². The molecule has 1 aromatic carbocycles. The summed E-state index contributed by atoms with van der Waals surface area (Å²) >= 11 is 0. The van der Waals surface area contributed by atoms with Gasteiger partial charge in [-0.05, 0) is 55.7 Å². The van der Waals surface area contributed by atoms with E-state index in [2.05, 4.69) is 10.6 Å². The lowest BCUT2D eigenvalue weighted by atomic mass is 9.85. The molecule has 29 heavy (non-hydrogen) atoms. The highest BCUT2D eigenvalue weighted by Crippen LogP contribution is 2.39. The van der Waals surface area contributed by atoms with E-state index < -0.39 is 12.0 Å². The second-order valence-corrected chi connectivity index (χ2v) is 8.60. The second kappa shape index (κ2) is 8.53. The summed E-state index contributed by atoms with van der Waals surface area (Å²) in [5, 5.41) is 15.4. The van der Waals surface area contributed by atoms with Gasteiger partial charge in [0, 0.05) is 24.2 Å². The SMILES string of the molecule is O=C(CN1C(C(=O)O)CC2CCCCC21)NCc1cccc(C(=O)NC2CC2)c1. The molecule has 0 aromatic heterocycles. The first-order valence-electron chi connectivity index (χ1n) is 10.7. The minimum absolute atomic E-state index is 0.0783. The van der Waals surface area contributed by atoms with Crippen LogP contribution in [0.25, 0.3) is 0 Å². The zero-order valence-corrected chi connectivity index (χ0v) is 16.6. The van der Waals surface area contributed by atoms with Crippen LogP contribution in [0.4, 0.5) is 0 Å². The summed E-state index contributed by atoms with van der Waals surface area (Å²) in [6, 6.07) is 7.20. The van der Waals surface area contributed by atoms with Crippen molar-refractivity contribution in [3.63, 3.8) is 0 Å². The number of nitrogens with one attached hydrogen (secondary N) is 2. The van der Waals surface area contributed by atoms with Crippen LogP contribution in [0.15, 0.2) is 24.3 Å². The predicted molar refractivity (Wildman–Crippen MR) is 107 cm³/mol. The first-order valence-corrected chi connectivity index (χ1v) is 10.7. The van der Waals surface area contributed by atoms with Crippen molar-refractivity contribution < 1.29 is 19.5 Å². The molecule has 4 rings (SSSR count). The predicted octanol–water partition coefficient (Wildman–Crippen LogP) is 1.91. The van der Waals surface area contributed by atoms with E-state index in [0.29, 0.717) is 30.5 Å². The number of carbonyl (C=O) groups excluding carboxylic acids is 2. The average molecular weight is 399 g/mol. The number of likely N-dealkylation sites (tertiary alicyclic amines) is 1. The molecule has 0 radical (unpaired) electrons. The van der Waals surface area contributed by atoms with E-state index in [1.165, 1.54) is 0 Å². The van der Waals surface area contributed by atoms with Gasteiger partial charge in [0.1, 0.15) is 6.04 Å². The van der Waals surface area contributed by atoms with Crippen LogP contribution in [-0.2, 0) is 16.1 Å². The highest BCUT2D eigenvalue weighted by molar-refractivity contribution is 5.94. The Morgan fingerprint density at radius 2 is 1.90 bits per heavy atom. The van der Waals surface area contributed by atoms with Gasteiger partial charge in [-0.25, -0.2) is 0 Å². The molecule has 3 aliphatic rings. The first-order chi connectivity index (χ1) is 14.0. The maximum Gasteiger partial charge on any atom is 0.320 e. The smallest absolute Gasteiger partial charge is 0.320 e. The number of carboxylic acid groups (broad SMARTS) is 1. The zero-order valence-electron chi connectivity index (χ0n) is 16.6. The van der Waals surface area contributed by atoms with Gasteiger partial charge in [0.2, 0.25) is 5.91 Å². The molecular weight excluding hydrogens is 370 g/mol. The fourth-order valence-corrected chi connectivity index (χ4v) is 4.76. The van der Waals surface area contributed by atoms with Crippen molar-refractivity contribution in [3.8, 4) is 0 Å². The largest absolute Gasteiger partial charge is 0.480 e. The van der Waals surface area contributed by atoms with E-state index in [4.69, 9.17) is 0 Å². The number of rotatable bonds is 7. The number of hydrogen-bond donors (Lipinski definition) is 3. The monoisotopic (exact) mass is 399 g/mol. The van der Waals surface area contributed by atoms with Gasteiger partial charge in [-0.2, -0.15) is 0 Å². The number of nitrogens with zero attached hydrogens (tertiary/aromatic N) is 1. The molecule has 7 heteroatoms.